The average Bonchev–Trinajstić information content (AvgIpc) is 2.28. The molecule has 0 saturated carbocycles. The molecule has 0 fully saturated rings. The van der Waals surface area contributed by atoms with Crippen LogP contribution in [0.4, 0.5) is 0 Å². The van der Waals surface area contributed by atoms with Crippen molar-refractivity contribution in [2.24, 2.45) is 0 Å². The first-order valence-corrected chi connectivity index (χ1v) is 7.04. The van der Waals surface area contributed by atoms with Crippen LogP contribution in [-0.2, 0) is 0 Å². The molecule has 100 valence electrons. The molecule has 0 aromatic carbocycles. The highest BCUT2D eigenvalue weighted by molar-refractivity contribution is 4.62. The van der Waals surface area contributed by atoms with Crippen LogP contribution in [0.3, 0.4) is 0 Å². The summed E-state index contributed by atoms with van der Waals surface area (Å²) in [5.74, 6) is 0. The molecule has 0 spiro atoms. The number of likely N-dealkylation sites (N-methyl/N-ethyl adjacent to an activating group) is 1. The molecule has 0 aromatic rings. The summed E-state index contributed by atoms with van der Waals surface area (Å²) in [6, 6.07) is 0.667. The van der Waals surface area contributed by atoms with Gasteiger partial charge in [0.2, 0.25) is 0 Å². The molecule has 2 nitrogen and oxygen atoms in total. The van der Waals surface area contributed by atoms with Gasteiger partial charge in [-0.3, -0.25) is 0 Å². The summed E-state index contributed by atoms with van der Waals surface area (Å²) < 4.78 is 0. The molecule has 0 atom stereocenters. The zero-order valence-corrected chi connectivity index (χ0v) is 12.7. The highest BCUT2D eigenvalue weighted by Crippen LogP contribution is 1.97. The summed E-state index contributed by atoms with van der Waals surface area (Å²) in [7, 11) is 2.21. The Kier molecular flexibility index (Phi) is 14.8. The van der Waals surface area contributed by atoms with Gasteiger partial charge in [0.05, 0.1) is 0 Å². The van der Waals surface area contributed by atoms with Crippen molar-refractivity contribution in [1.82, 2.24) is 9.80 Å². The number of rotatable bonds is 8. The predicted octanol–water partition coefficient (Wildman–Crippen LogP) is 3.47. The van der Waals surface area contributed by atoms with E-state index in [1.54, 1.807) is 0 Å². The van der Waals surface area contributed by atoms with E-state index in [0.717, 1.165) is 0 Å². The largest absolute Gasteiger partial charge is 0.303 e. The minimum atomic E-state index is 0.667. The van der Waals surface area contributed by atoms with Gasteiger partial charge in [-0.05, 0) is 46.8 Å². The maximum absolute atomic E-state index is 2.57. The zero-order chi connectivity index (χ0) is 13.0. The summed E-state index contributed by atoms with van der Waals surface area (Å²) in [4.78, 5) is 4.98. The quantitative estimate of drug-likeness (QED) is 0.630. The highest BCUT2D eigenvalue weighted by Gasteiger charge is 2.06. The Balaban J connectivity index is 0. The molecule has 0 bridgehead atoms. The van der Waals surface area contributed by atoms with Crippen LogP contribution < -0.4 is 0 Å². The second-order valence-electron chi connectivity index (χ2n) is 4.42. The minimum Gasteiger partial charge on any atom is -0.303 e. The monoisotopic (exact) mass is 230 g/mol. The summed E-state index contributed by atoms with van der Waals surface area (Å²) in [6.07, 6.45) is 2.54. The Morgan fingerprint density at radius 2 is 1.25 bits per heavy atom. The molecule has 0 radical (unpaired) electrons. The Bertz CT molecular complexity index is 118. The molecule has 0 aliphatic heterocycles. The maximum atomic E-state index is 2.57. The molecule has 2 heteroatoms. The summed E-state index contributed by atoms with van der Waals surface area (Å²) in [5.41, 5.74) is 0. The second-order valence-corrected chi connectivity index (χ2v) is 4.42. The number of hydrogen-bond donors (Lipinski definition) is 0. The first-order valence-electron chi connectivity index (χ1n) is 7.04. The van der Waals surface area contributed by atoms with E-state index in [4.69, 9.17) is 0 Å². The number of nitrogens with zero attached hydrogens (tertiary/aromatic N) is 2. The smallest absolute Gasteiger partial charge is 0.0109 e. The lowest BCUT2D eigenvalue weighted by Gasteiger charge is -2.26. The van der Waals surface area contributed by atoms with Crippen molar-refractivity contribution in [2.75, 3.05) is 33.2 Å². The van der Waals surface area contributed by atoms with Gasteiger partial charge in [-0.2, -0.15) is 0 Å². The van der Waals surface area contributed by atoms with E-state index >= 15 is 0 Å². The molecule has 0 heterocycles. The lowest BCUT2D eigenvalue weighted by atomic mass is 10.3. The van der Waals surface area contributed by atoms with Crippen molar-refractivity contribution in [3.05, 3.63) is 0 Å². The van der Waals surface area contributed by atoms with Crippen molar-refractivity contribution < 1.29 is 0 Å². The first kappa shape index (κ1) is 18.3. The second kappa shape index (κ2) is 13.0. The van der Waals surface area contributed by atoms with Gasteiger partial charge in [-0.1, -0.05) is 27.7 Å². The van der Waals surface area contributed by atoms with E-state index in [-0.39, 0.29) is 0 Å². The summed E-state index contributed by atoms with van der Waals surface area (Å²) in [5, 5.41) is 0. The first-order chi connectivity index (χ1) is 7.61. The normalized spacial score (nSPS) is 10.9. The van der Waals surface area contributed by atoms with Crippen LogP contribution >= 0.6 is 0 Å². The van der Waals surface area contributed by atoms with E-state index in [0.29, 0.717) is 6.04 Å². The van der Waals surface area contributed by atoms with Gasteiger partial charge in [-0.15, -0.1) is 0 Å². The minimum absolute atomic E-state index is 0.667. The standard InChI is InChI=1S/C12H28N2.C2H6/c1-6-8-14(9-7-2)11-10-13(5)12(3)4;1-2/h12H,6-11H2,1-5H3;1-2H3. The predicted molar refractivity (Wildman–Crippen MR) is 76.1 cm³/mol. The third kappa shape index (κ3) is 10.4. The molecular formula is C14H34N2. The van der Waals surface area contributed by atoms with Gasteiger partial charge in [-0.25, -0.2) is 0 Å². The molecule has 0 aliphatic carbocycles. The van der Waals surface area contributed by atoms with Gasteiger partial charge in [0, 0.05) is 19.1 Å². The van der Waals surface area contributed by atoms with E-state index in [9.17, 15) is 0 Å². The van der Waals surface area contributed by atoms with E-state index in [2.05, 4.69) is 44.5 Å². The molecule has 0 aliphatic rings. The van der Waals surface area contributed by atoms with Crippen LogP contribution in [0.2, 0.25) is 0 Å². The van der Waals surface area contributed by atoms with Gasteiger partial charge in [0.1, 0.15) is 0 Å². The molecule has 0 aromatic heterocycles. The van der Waals surface area contributed by atoms with Crippen LogP contribution in [0.15, 0.2) is 0 Å². The fourth-order valence-electron chi connectivity index (χ4n) is 1.53. The van der Waals surface area contributed by atoms with Crippen LogP contribution in [0.5, 0.6) is 0 Å². The van der Waals surface area contributed by atoms with Crippen LogP contribution in [0.25, 0.3) is 0 Å². The molecule has 0 N–H and O–H groups in total. The van der Waals surface area contributed by atoms with Crippen LogP contribution in [-0.4, -0.2) is 49.1 Å². The molecule has 0 rings (SSSR count). The van der Waals surface area contributed by atoms with Crippen molar-refractivity contribution in [3.8, 4) is 0 Å². The fourth-order valence-corrected chi connectivity index (χ4v) is 1.53. The molecule has 0 amide bonds. The summed E-state index contributed by atoms with van der Waals surface area (Å²) >= 11 is 0. The van der Waals surface area contributed by atoms with Crippen molar-refractivity contribution >= 4 is 0 Å². The lowest BCUT2D eigenvalue weighted by Crippen LogP contribution is -2.37. The Hall–Kier alpha value is -0.0800. The Morgan fingerprint density at radius 3 is 1.56 bits per heavy atom. The fraction of sp³-hybridized carbons (Fsp3) is 1.00. The molecule has 0 saturated heterocycles. The third-order valence-electron chi connectivity index (χ3n) is 2.73. The van der Waals surface area contributed by atoms with Crippen molar-refractivity contribution in [1.29, 1.82) is 0 Å². The topological polar surface area (TPSA) is 6.48 Å². The maximum Gasteiger partial charge on any atom is 0.0109 e. The lowest BCUT2D eigenvalue weighted by molar-refractivity contribution is 0.203. The van der Waals surface area contributed by atoms with Crippen molar-refractivity contribution in [3.63, 3.8) is 0 Å². The van der Waals surface area contributed by atoms with Gasteiger partial charge in [0.15, 0.2) is 0 Å². The third-order valence-corrected chi connectivity index (χ3v) is 2.73. The zero-order valence-electron chi connectivity index (χ0n) is 12.7. The van der Waals surface area contributed by atoms with Crippen molar-refractivity contribution in [2.45, 2.75) is 60.4 Å². The summed E-state index contributed by atoms with van der Waals surface area (Å²) in [6.45, 7) is 17.9. The van der Waals surface area contributed by atoms with Gasteiger partial charge >= 0.3 is 0 Å². The SMILES string of the molecule is CC.CCCN(CCC)CCN(C)C(C)C. The highest BCUT2D eigenvalue weighted by atomic mass is 15.2. The van der Waals surface area contributed by atoms with E-state index in [1.165, 1.54) is 39.0 Å². The Morgan fingerprint density at radius 1 is 0.812 bits per heavy atom. The molecule has 0 unspecified atom stereocenters. The van der Waals surface area contributed by atoms with Gasteiger partial charge < -0.3 is 9.80 Å². The van der Waals surface area contributed by atoms with Crippen LogP contribution in [0.1, 0.15) is 54.4 Å². The molecular weight excluding hydrogens is 196 g/mol. The van der Waals surface area contributed by atoms with Gasteiger partial charge in [0.25, 0.3) is 0 Å². The van der Waals surface area contributed by atoms with E-state index < -0.39 is 0 Å². The van der Waals surface area contributed by atoms with Crippen LogP contribution in [0, 0.1) is 0 Å². The molecule has 16 heavy (non-hydrogen) atoms. The Labute approximate surface area is 104 Å². The van der Waals surface area contributed by atoms with E-state index in [1.807, 2.05) is 13.8 Å². The number of hydrogen-bond acceptors (Lipinski definition) is 2. The average molecular weight is 230 g/mol.